The summed E-state index contributed by atoms with van der Waals surface area (Å²) < 4.78 is 13.2. The minimum absolute atomic E-state index is 0.803. The molecule has 3 rings (SSSR count). The van der Waals surface area contributed by atoms with Crippen molar-refractivity contribution in [1.29, 1.82) is 0 Å². The van der Waals surface area contributed by atoms with E-state index >= 15 is 0 Å². The maximum atomic E-state index is 6.58. The van der Waals surface area contributed by atoms with Crippen LogP contribution >= 0.6 is 12.6 Å². The van der Waals surface area contributed by atoms with Crippen LogP contribution in [-0.4, -0.2) is 14.3 Å². The summed E-state index contributed by atoms with van der Waals surface area (Å²) in [6.07, 6.45) is 0.934. The fourth-order valence-corrected chi connectivity index (χ4v) is 6.35. The molecular weight excluding hydrogens is 344 g/mol. The lowest BCUT2D eigenvalue weighted by Gasteiger charge is -2.32. The lowest BCUT2D eigenvalue weighted by Crippen LogP contribution is -2.59. The first-order chi connectivity index (χ1) is 12.3. The number of benzene rings is 3. The van der Waals surface area contributed by atoms with Crippen molar-refractivity contribution in [3.63, 3.8) is 0 Å². The Hall–Kier alpha value is -2.17. The van der Waals surface area contributed by atoms with Crippen LogP contribution in [0.2, 0.25) is 6.04 Å². The highest BCUT2D eigenvalue weighted by atomic mass is 32.1. The molecule has 4 heteroatoms. The van der Waals surface area contributed by atoms with Crippen LogP contribution in [0.5, 0.6) is 11.5 Å². The van der Waals surface area contributed by atoms with Gasteiger partial charge >= 0.3 is 8.56 Å². The van der Waals surface area contributed by atoms with Crippen LogP contribution in [0, 0.1) is 0 Å². The fourth-order valence-electron chi connectivity index (χ4n) is 2.75. The Kier molecular flexibility index (Phi) is 6.20. The van der Waals surface area contributed by atoms with Crippen LogP contribution in [0.3, 0.4) is 0 Å². The first-order valence-electron chi connectivity index (χ1n) is 8.47. The van der Waals surface area contributed by atoms with Crippen molar-refractivity contribution in [1.82, 2.24) is 0 Å². The molecule has 25 heavy (non-hydrogen) atoms. The van der Waals surface area contributed by atoms with Gasteiger partial charge in [-0.3, -0.25) is 0 Å². The van der Waals surface area contributed by atoms with E-state index < -0.39 is 8.56 Å². The topological polar surface area (TPSA) is 18.5 Å². The van der Waals surface area contributed by atoms with Gasteiger partial charge in [-0.25, -0.2) is 0 Å². The summed E-state index contributed by atoms with van der Waals surface area (Å²) in [5.74, 6) is 2.49. The Morgan fingerprint density at radius 2 is 1.08 bits per heavy atom. The van der Waals surface area contributed by atoms with Gasteiger partial charge in [0, 0.05) is 11.2 Å². The Morgan fingerprint density at radius 3 is 1.52 bits per heavy atom. The van der Waals surface area contributed by atoms with Gasteiger partial charge in [-0.05, 0) is 36.4 Å². The minimum Gasteiger partial charge on any atom is -0.509 e. The van der Waals surface area contributed by atoms with Gasteiger partial charge in [-0.2, -0.15) is 12.6 Å². The molecule has 0 atom stereocenters. The molecule has 0 aliphatic rings. The second kappa shape index (κ2) is 8.79. The smallest absolute Gasteiger partial charge is 0.495 e. The van der Waals surface area contributed by atoms with E-state index in [0.717, 1.165) is 34.9 Å². The molecule has 0 aromatic heterocycles. The molecule has 3 aromatic rings. The summed E-state index contributed by atoms with van der Waals surface area (Å²) in [5, 5.41) is 1.13. The van der Waals surface area contributed by atoms with Crippen molar-refractivity contribution in [3.8, 4) is 11.5 Å². The van der Waals surface area contributed by atoms with Crippen LogP contribution in [-0.2, 0) is 0 Å². The van der Waals surface area contributed by atoms with Gasteiger partial charge in [-0.15, -0.1) is 0 Å². The summed E-state index contributed by atoms with van der Waals surface area (Å²) in [7, 11) is -2.72. The van der Waals surface area contributed by atoms with Crippen molar-refractivity contribution >= 4 is 26.4 Å². The van der Waals surface area contributed by atoms with Crippen molar-refractivity contribution in [2.24, 2.45) is 0 Å². The van der Waals surface area contributed by atoms with E-state index in [0.29, 0.717) is 0 Å². The van der Waals surface area contributed by atoms with E-state index in [1.165, 1.54) is 0 Å². The molecule has 0 aliphatic carbocycles. The molecule has 0 amide bonds. The second-order valence-electron chi connectivity index (χ2n) is 5.78. The highest BCUT2D eigenvalue weighted by Crippen LogP contribution is 2.24. The molecule has 0 bridgehead atoms. The minimum atomic E-state index is -2.72. The van der Waals surface area contributed by atoms with Gasteiger partial charge < -0.3 is 8.85 Å². The molecule has 0 fully saturated rings. The molecule has 2 nitrogen and oxygen atoms in total. The monoisotopic (exact) mass is 366 g/mol. The molecule has 0 aliphatic heterocycles. The molecule has 3 aromatic carbocycles. The zero-order valence-corrected chi connectivity index (χ0v) is 15.9. The third-order valence-corrected chi connectivity index (χ3v) is 7.60. The normalized spacial score (nSPS) is 11.1. The van der Waals surface area contributed by atoms with Crippen LogP contribution in [0.4, 0.5) is 0 Å². The molecule has 0 saturated carbocycles. The van der Waals surface area contributed by atoms with E-state index in [-0.39, 0.29) is 0 Å². The molecule has 0 heterocycles. The maximum Gasteiger partial charge on any atom is 0.495 e. The van der Waals surface area contributed by atoms with Gasteiger partial charge in [0.25, 0.3) is 0 Å². The van der Waals surface area contributed by atoms with Crippen LogP contribution in [0.25, 0.3) is 0 Å². The lowest BCUT2D eigenvalue weighted by atomic mass is 10.3. The SMILES string of the molecule is SCCC[Si](Oc1ccccc1)(Oc1ccccc1)c1ccccc1. The summed E-state index contributed by atoms with van der Waals surface area (Å²) in [6, 6.07) is 31.0. The first kappa shape index (κ1) is 17.6. The average Bonchev–Trinajstić information content (AvgIpc) is 2.68. The molecule has 0 unspecified atom stereocenters. The van der Waals surface area contributed by atoms with Crippen LogP contribution in [0.15, 0.2) is 91.0 Å². The number of hydrogen-bond acceptors (Lipinski definition) is 3. The van der Waals surface area contributed by atoms with Gasteiger partial charge in [0.2, 0.25) is 0 Å². The molecular formula is C21H22O2SSi. The van der Waals surface area contributed by atoms with Crippen molar-refractivity contribution in [2.75, 3.05) is 5.75 Å². The average molecular weight is 367 g/mol. The fraction of sp³-hybridized carbons (Fsp3) is 0.143. The Balaban J connectivity index is 2.02. The Labute approximate surface area is 156 Å². The second-order valence-corrected chi connectivity index (χ2v) is 9.21. The zero-order valence-electron chi connectivity index (χ0n) is 14.0. The molecule has 128 valence electrons. The Bertz CT molecular complexity index is 709. The van der Waals surface area contributed by atoms with Crippen LogP contribution in [0.1, 0.15) is 6.42 Å². The largest absolute Gasteiger partial charge is 0.509 e. The van der Waals surface area contributed by atoms with E-state index in [2.05, 4.69) is 24.8 Å². The third-order valence-electron chi connectivity index (χ3n) is 3.93. The molecule has 0 spiro atoms. The van der Waals surface area contributed by atoms with Crippen molar-refractivity contribution in [3.05, 3.63) is 91.0 Å². The number of hydrogen-bond donors (Lipinski definition) is 1. The molecule has 0 N–H and O–H groups in total. The standard InChI is InChI=1S/C21H22O2SSi/c24-17-10-18-25(21-15-8-3-9-16-21,22-19-11-4-1-5-12-19)23-20-13-6-2-7-14-20/h1-9,11-16,24H,10,17-18H2. The first-order valence-corrected chi connectivity index (χ1v) is 11.1. The van der Waals surface area contributed by atoms with Gasteiger partial charge in [-0.1, -0.05) is 66.7 Å². The highest BCUT2D eigenvalue weighted by Gasteiger charge is 2.44. The summed E-state index contributed by atoms with van der Waals surface area (Å²) in [5.41, 5.74) is 0. The zero-order chi connectivity index (χ0) is 17.4. The maximum absolute atomic E-state index is 6.58. The number of rotatable bonds is 8. The van der Waals surface area contributed by atoms with Crippen LogP contribution < -0.4 is 14.0 Å². The summed E-state index contributed by atoms with van der Waals surface area (Å²) in [4.78, 5) is 0. The predicted octanol–water partition coefficient (Wildman–Crippen LogP) is 4.81. The molecule has 0 saturated heterocycles. The number of para-hydroxylation sites is 2. The third kappa shape index (κ3) is 4.68. The van der Waals surface area contributed by atoms with Gasteiger partial charge in [0.15, 0.2) is 0 Å². The van der Waals surface area contributed by atoms with E-state index in [1.807, 2.05) is 78.9 Å². The van der Waals surface area contributed by atoms with Crippen molar-refractivity contribution in [2.45, 2.75) is 12.5 Å². The summed E-state index contributed by atoms with van der Waals surface area (Å²) >= 11 is 4.41. The van der Waals surface area contributed by atoms with Crippen molar-refractivity contribution < 1.29 is 8.85 Å². The highest BCUT2D eigenvalue weighted by molar-refractivity contribution is 7.80. The van der Waals surface area contributed by atoms with Gasteiger partial charge in [0.05, 0.1) is 0 Å². The Morgan fingerprint density at radius 1 is 0.640 bits per heavy atom. The quantitative estimate of drug-likeness (QED) is 0.455. The lowest BCUT2D eigenvalue weighted by molar-refractivity contribution is 0.396. The summed E-state index contributed by atoms with van der Waals surface area (Å²) in [6.45, 7) is 0. The number of thiol groups is 1. The molecule has 0 radical (unpaired) electrons. The van der Waals surface area contributed by atoms with E-state index in [9.17, 15) is 0 Å². The predicted molar refractivity (Wildman–Crippen MR) is 109 cm³/mol. The van der Waals surface area contributed by atoms with E-state index in [1.54, 1.807) is 0 Å². The van der Waals surface area contributed by atoms with E-state index in [4.69, 9.17) is 8.85 Å². The van der Waals surface area contributed by atoms with Gasteiger partial charge in [0.1, 0.15) is 11.5 Å².